The van der Waals surface area contributed by atoms with Crippen molar-refractivity contribution < 1.29 is 4.21 Å². The zero-order valence-electron chi connectivity index (χ0n) is 14.4. The van der Waals surface area contributed by atoms with Gasteiger partial charge < -0.3 is 9.88 Å². The number of fused-ring (bicyclic) bond motifs is 1. The molecule has 4 heterocycles. The van der Waals surface area contributed by atoms with Gasteiger partial charge in [0, 0.05) is 30.9 Å². The fourth-order valence-corrected chi connectivity index (χ4v) is 5.09. The number of hydrogen-bond donors (Lipinski definition) is 2. The number of thiazole rings is 1. The normalized spacial score (nSPS) is 17.6. The van der Waals surface area contributed by atoms with Crippen molar-refractivity contribution in [3.63, 3.8) is 0 Å². The van der Waals surface area contributed by atoms with Crippen LogP contribution in [0.4, 0.5) is 10.8 Å². The molecule has 2 atom stereocenters. The summed E-state index contributed by atoms with van der Waals surface area (Å²) in [6.45, 7) is 3.36. The van der Waals surface area contributed by atoms with Crippen molar-refractivity contribution in [1.29, 1.82) is 10.5 Å². The molecule has 0 aliphatic carbocycles. The Labute approximate surface area is 162 Å². The average molecular weight is 397 g/mol. The van der Waals surface area contributed by atoms with Crippen molar-refractivity contribution in [2.75, 3.05) is 22.7 Å². The van der Waals surface area contributed by atoms with Crippen molar-refractivity contribution in [3.8, 4) is 12.1 Å². The van der Waals surface area contributed by atoms with Crippen LogP contribution in [0.2, 0.25) is 0 Å². The molecule has 1 saturated heterocycles. The third-order valence-electron chi connectivity index (χ3n) is 4.52. The molecule has 4 rings (SSSR count). The van der Waals surface area contributed by atoms with Gasteiger partial charge in [0.05, 0.1) is 29.3 Å². The molecule has 1 aliphatic heterocycles. The van der Waals surface area contributed by atoms with Gasteiger partial charge in [-0.2, -0.15) is 10.5 Å². The number of aromatic nitrogens is 3. The third kappa shape index (κ3) is 3.14. The summed E-state index contributed by atoms with van der Waals surface area (Å²) in [6, 6.07) is 4.43. The van der Waals surface area contributed by atoms with E-state index in [9.17, 15) is 9.47 Å². The van der Waals surface area contributed by atoms with Gasteiger partial charge in [-0.05, 0) is 18.9 Å². The first kappa shape index (κ1) is 17.5. The van der Waals surface area contributed by atoms with Crippen molar-refractivity contribution in [3.05, 3.63) is 29.7 Å². The number of anilines is 2. The van der Waals surface area contributed by atoms with Gasteiger partial charge in [-0.25, -0.2) is 14.2 Å². The zero-order chi connectivity index (χ0) is 19.0. The molecule has 1 fully saturated rings. The molecule has 136 valence electrons. The molecule has 0 saturated carbocycles. The van der Waals surface area contributed by atoms with Gasteiger partial charge in [0.15, 0.2) is 16.8 Å². The minimum Gasteiger partial charge on any atom is -0.361 e. The largest absolute Gasteiger partial charge is 0.361 e. The minimum absolute atomic E-state index is 0.0337. The first-order valence-corrected chi connectivity index (χ1v) is 10.2. The first-order valence-electron chi connectivity index (χ1n) is 8.26. The Bertz CT molecular complexity index is 1120. The molecule has 1 aliphatic rings. The summed E-state index contributed by atoms with van der Waals surface area (Å²) < 4.78 is 16.1. The molecule has 2 unspecified atom stereocenters. The summed E-state index contributed by atoms with van der Waals surface area (Å²) in [5.74, 6) is 0.448. The second kappa shape index (κ2) is 6.99. The number of aryl methyl sites for hydroxylation is 1. The van der Waals surface area contributed by atoms with Crippen molar-refractivity contribution in [2.24, 2.45) is 5.92 Å². The lowest BCUT2D eigenvalue weighted by Crippen LogP contribution is -2.17. The molecule has 0 bridgehead atoms. The van der Waals surface area contributed by atoms with Crippen LogP contribution in [0.5, 0.6) is 0 Å². The molecular formula is C17H15N7OS2. The quantitative estimate of drug-likeness (QED) is 0.698. The molecule has 0 spiro atoms. The number of nitrogens with zero attached hydrogens (tertiary/aromatic N) is 5. The zero-order valence-corrected chi connectivity index (χ0v) is 16.0. The second-order valence-corrected chi connectivity index (χ2v) is 8.65. The van der Waals surface area contributed by atoms with Crippen molar-refractivity contribution in [2.45, 2.75) is 17.7 Å². The molecule has 0 amide bonds. The summed E-state index contributed by atoms with van der Waals surface area (Å²) in [7, 11) is -1.58. The molecular weight excluding hydrogens is 382 g/mol. The SMILES string of the molecule is Cc1cnc(NS(=O)c2ncc(N3CCC(C#N)C3)s2)c2[nH]cc(C#N)c12. The van der Waals surface area contributed by atoms with E-state index in [2.05, 4.69) is 36.7 Å². The number of H-pyrrole nitrogens is 1. The van der Waals surface area contributed by atoms with Gasteiger partial charge in [-0.1, -0.05) is 11.3 Å². The van der Waals surface area contributed by atoms with Gasteiger partial charge in [0.2, 0.25) is 4.34 Å². The molecule has 3 aromatic rings. The number of nitriles is 2. The smallest absolute Gasteiger partial charge is 0.204 e. The number of hydrogen-bond acceptors (Lipinski definition) is 7. The Kier molecular flexibility index (Phi) is 4.52. The highest BCUT2D eigenvalue weighted by Crippen LogP contribution is 2.31. The number of rotatable bonds is 4. The second-order valence-electron chi connectivity index (χ2n) is 6.25. The van der Waals surface area contributed by atoms with Crippen LogP contribution in [0.1, 0.15) is 17.5 Å². The van der Waals surface area contributed by atoms with Gasteiger partial charge in [-0.3, -0.25) is 4.72 Å². The summed E-state index contributed by atoms with van der Waals surface area (Å²) in [4.78, 5) is 13.7. The van der Waals surface area contributed by atoms with E-state index < -0.39 is 11.0 Å². The van der Waals surface area contributed by atoms with Crippen LogP contribution >= 0.6 is 11.3 Å². The molecule has 2 N–H and O–H groups in total. The van der Waals surface area contributed by atoms with E-state index in [4.69, 9.17) is 5.26 Å². The van der Waals surface area contributed by atoms with Crippen molar-refractivity contribution in [1.82, 2.24) is 15.0 Å². The predicted molar refractivity (Wildman–Crippen MR) is 104 cm³/mol. The van der Waals surface area contributed by atoms with Crippen LogP contribution in [0.15, 0.2) is 22.9 Å². The molecule has 27 heavy (non-hydrogen) atoms. The van der Waals surface area contributed by atoms with Gasteiger partial charge in [0.25, 0.3) is 0 Å². The standard InChI is InChI=1S/C17H15N7OS2/c1-10-6-21-16(15-14(10)12(5-19)7-20-15)23-27(25)17-22-8-13(26-17)24-3-2-11(4-18)9-24/h6-8,11,20H,2-3,9H2,1H3,(H,21,23). The lowest BCUT2D eigenvalue weighted by atomic mass is 10.1. The Morgan fingerprint density at radius 3 is 3.00 bits per heavy atom. The highest BCUT2D eigenvalue weighted by atomic mass is 32.2. The highest BCUT2D eigenvalue weighted by Gasteiger charge is 2.24. The number of aromatic amines is 1. The Morgan fingerprint density at radius 2 is 2.26 bits per heavy atom. The molecule has 0 radical (unpaired) electrons. The fraction of sp³-hybridized carbons (Fsp3) is 0.294. The highest BCUT2D eigenvalue weighted by molar-refractivity contribution is 7.88. The topological polar surface area (TPSA) is 121 Å². The van der Waals surface area contributed by atoms with Gasteiger partial charge in [0.1, 0.15) is 11.1 Å². The van der Waals surface area contributed by atoms with Crippen LogP contribution in [0, 0.1) is 35.5 Å². The van der Waals surface area contributed by atoms with E-state index in [-0.39, 0.29) is 5.92 Å². The fourth-order valence-electron chi connectivity index (χ4n) is 3.16. The van der Waals surface area contributed by atoms with Crippen LogP contribution in [0.3, 0.4) is 0 Å². The van der Waals surface area contributed by atoms with E-state index in [1.807, 2.05) is 6.92 Å². The van der Waals surface area contributed by atoms with E-state index in [1.165, 1.54) is 11.3 Å². The monoisotopic (exact) mass is 397 g/mol. The Hall–Kier alpha value is -2.95. The predicted octanol–water partition coefficient (Wildman–Crippen LogP) is 2.68. The van der Waals surface area contributed by atoms with E-state index >= 15 is 0 Å². The lowest BCUT2D eigenvalue weighted by Gasteiger charge is -2.13. The molecule has 8 nitrogen and oxygen atoms in total. The van der Waals surface area contributed by atoms with E-state index in [0.717, 1.165) is 28.9 Å². The van der Waals surface area contributed by atoms with Crippen LogP contribution in [-0.4, -0.2) is 32.3 Å². The molecule has 0 aromatic carbocycles. The Morgan fingerprint density at radius 1 is 1.41 bits per heavy atom. The first-order chi connectivity index (χ1) is 13.1. The van der Waals surface area contributed by atoms with Gasteiger partial charge in [-0.15, -0.1) is 0 Å². The minimum atomic E-state index is -1.58. The van der Waals surface area contributed by atoms with Crippen LogP contribution in [0.25, 0.3) is 10.9 Å². The lowest BCUT2D eigenvalue weighted by molar-refractivity contribution is 0.685. The van der Waals surface area contributed by atoms with Crippen LogP contribution in [-0.2, 0) is 11.0 Å². The molecule has 3 aromatic heterocycles. The average Bonchev–Trinajstić information content (AvgIpc) is 3.42. The summed E-state index contributed by atoms with van der Waals surface area (Å²) in [6.07, 6.45) is 5.80. The van der Waals surface area contributed by atoms with E-state index in [1.54, 1.807) is 18.6 Å². The summed E-state index contributed by atoms with van der Waals surface area (Å²) in [5.41, 5.74) is 2.04. The molecule has 10 heteroatoms. The maximum Gasteiger partial charge on any atom is 0.204 e. The van der Waals surface area contributed by atoms with Gasteiger partial charge >= 0.3 is 0 Å². The summed E-state index contributed by atoms with van der Waals surface area (Å²) >= 11 is 1.34. The number of nitrogens with one attached hydrogen (secondary N) is 2. The Balaban J connectivity index is 1.56. The number of pyridine rings is 1. The maximum absolute atomic E-state index is 12.7. The van der Waals surface area contributed by atoms with Crippen molar-refractivity contribution >= 4 is 44.0 Å². The van der Waals surface area contributed by atoms with E-state index in [0.29, 0.717) is 27.8 Å². The summed E-state index contributed by atoms with van der Waals surface area (Å²) in [5, 5.41) is 20.0. The third-order valence-corrected chi connectivity index (χ3v) is 6.88. The maximum atomic E-state index is 12.7. The van der Waals surface area contributed by atoms with Crippen LogP contribution < -0.4 is 9.62 Å².